The van der Waals surface area contributed by atoms with Gasteiger partial charge < -0.3 is 10.1 Å². The van der Waals surface area contributed by atoms with Crippen LogP contribution in [0.5, 0.6) is 0 Å². The molecule has 0 aromatic rings. The number of alkyl halides is 2. The first-order valence-electron chi connectivity index (χ1n) is 13.4. The molecule has 4 aliphatic rings. The Hall–Kier alpha value is -0.960. The molecule has 0 spiro atoms. The predicted octanol–water partition coefficient (Wildman–Crippen LogP) is 3.77. The van der Waals surface area contributed by atoms with E-state index in [1.807, 2.05) is 0 Å². The fraction of sp³-hybridized carbons (Fsp3) is 0.920. The van der Waals surface area contributed by atoms with Crippen LogP contribution < -0.4 is 21.5 Å². The van der Waals surface area contributed by atoms with E-state index in [1.165, 1.54) is 0 Å². The molecule has 194 valence electrons. The van der Waals surface area contributed by atoms with Crippen LogP contribution in [-0.2, 0) is 9.53 Å². The maximum absolute atomic E-state index is 13.6. The molecule has 9 heteroatoms. The summed E-state index contributed by atoms with van der Waals surface area (Å²) >= 11 is 6.24. The summed E-state index contributed by atoms with van der Waals surface area (Å²) in [5.74, 6) is 1.55. The first-order chi connectivity index (χ1) is 16.5. The quantitative estimate of drug-likeness (QED) is 0.254. The van der Waals surface area contributed by atoms with Gasteiger partial charge in [-0.2, -0.15) is 0 Å². The van der Waals surface area contributed by atoms with Gasteiger partial charge in [-0.05, 0) is 88.9 Å². The van der Waals surface area contributed by atoms with E-state index in [2.05, 4.69) is 21.5 Å². The monoisotopic (exact) mass is 499 g/mol. The lowest BCUT2D eigenvalue weighted by molar-refractivity contribution is -0.124. The molecular formula is C25H43ClFN5O2. The average molecular weight is 500 g/mol. The van der Waals surface area contributed by atoms with Gasteiger partial charge in [-0.15, -0.1) is 11.6 Å². The molecule has 1 heterocycles. The Morgan fingerprint density at radius 2 is 1.79 bits per heavy atom. The molecule has 1 aliphatic heterocycles. The molecule has 7 nitrogen and oxygen atoms in total. The number of halogens is 2. The normalized spacial score (nSPS) is 39.6. The van der Waals surface area contributed by atoms with Crippen LogP contribution in [0.1, 0.15) is 83.5 Å². The first-order valence-corrected chi connectivity index (χ1v) is 13.9. The zero-order valence-corrected chi connectivity index (χ0v) is 21.3. The second-order valence-corrected chi connectivity index (χ2v) is 11.5. The third-order valence-corrected chi connectivity index (χ3v) is 8.80. The molecule has 4 rings (SSSR count). The Morgan fingerprint density at radius 3 is 2.53 bits per heavy atom. The van der Waals surface area contributed by atoms with Gasteiger partial charge >= 0.3 is 0 Å². The number of carbonyl (C=O) groups excluding carboxylic acids is 1. The Balaban J connectivity index is 1.34. The van der Waals surface area contributed by atoms with Gasteiger partial charge in [-0.25, -0.2) is 9.82 Å². The van der Waals surface area contributed by atoms with Crippen LogP contribution in [0.4, 0.5) is 4.39 Å². The molecule has 1 amide bonds. The van der Waals surface area contributed by atoms with E-state index in [0.717, 1.165) is 70.6 Å². The van der Waals surface area contributed by atoms with Gasteiger partial charge in [0.2, 0.25) is 5.91 Å². The molecule has 34 heavy (non-hydrogen) atoms. The number of hydrazine groups is 1. The van der Waals surface area contributed by atoms with Crippen molar-refractivity contribution < 1.29 is 13.9 Å². The van der Waals surface area contributed by atoms with Crippen LogP contribution in [0.3, 0.4) is 0 Å². The van der Waals surface area contributed by atoms with Crippen molar-refractivity contribution in [2.45, 2.75) is 113 Å². The van der Waals surface area contributed by atoms with E-state index in [1.54, 1.807) is 7.11 Å². The van der Waals surface area contributed by atoms with Crippen LogP contribution in [0, 0.1) is 17.8 Å². The molecular weight excluding hydrogens is 457 g/mol. The fourth-order valence-electron chi connectivity index (χ4n) is 6.13. The highest BCUT2D eigenvalue weighted by Crippen LogP contribution is 2.31. The van der Waals surface area contributed by atoms with Gasteiger partial charge in [0.05, 0.1) is 12.3 Å². The van der Waals surface area contributed by atoms with Crippen molar-refractivity contribution in [2.24, 2.45) is 22.7 Å². The minimum absolute atomic E-state index is 0.00662. The van der Waals surface area contributed by atoms with Crippen molar-refractivity contribution in [1.82, 2.24) is 21.5 Å². The van der Waals surface area contributed by atoms with E-state index >= 15 is 0 Å². The van der Waals surface area contributed by atoms with Crippen LogP contribution >= 0.6 is 11.6 Å². The minimum atomic E-state index is -0.639. The SMILES string of the molecule is COC1CCCC(CN=C(NC(=O)C2CCC(Cl)CC2)NC2CC(C3CCC(F)CC3)NN2)C1. The van der Waals surface area contributed by atoms with Gasteiger partial charge in [0.25, 0.3) is 0 Å². The largest absolute Gasteiger partial charge is 0.381 e. The number of amides is 1. The summed E-state index contributed by atoms with van der Waals surface area (Å²) in [5, 5.41) is 6.74. The minimum Gasteiger partial charge on any atom is -0.381 e. The second kappa shape index (κ2) is 12.8. The number of carbonyl (C=O) groups is 1. The zero-order chi connectivity index (χ0) is 23.9. The molecule has 0 radical (unpaired) electrons. The number of guanidine groups is 1. The lowest BCUT2D eigenvalue weighted by Crippen LogP contribution is -2.52. The van der Waals surface area contributed by atoms with Crippen LogP contribution in [0.25, 0.3) is 0 Å². The number of methoxy groups -OCH3 is 1. The maximum Gasteiger partial charge on any atom is 0.229 e. The lowest BCUT2D eigenvalue weighted by atomic mass is 9.82. The smallest absolute Gasteiger partial charge is 0.229 e. The fourth-order valence-corrected chi connectivity index (χ4v) is 6.38. The second-order valence-electron chi connectivity index (χ2n) is 10.9. The van der Waals surface area contributed by atoms with Gasteiger partial charge in [-0.1, -0.05) is 6.42 Å². The molecule has 0 aromatic carbocycles. The highest BCUT2D eigenvalue weighted by Gasteiger charge is 2.34. The van der Waals surface area contributed by atoms with Crippen molar-refractivity contribution in [3.05, 3.63) is 0 Å². The number of nitrogens with zero attached hydrogens (tertiary/aromatic N) is 1. The maximum atomic E-state index is 13.6. The lowest BCUT2D eigenvalue weighted by Gasteiger charge is -2.29. The summed E-state index contributed by atoms with van der Waals surface area (Å²) in [4.78, 5) is 17.9. The number of ether oxygens (including phenoxy) is 1. The molecule has 4 fully saturated rings. The number of rotatable bonds is 6. The molecule has 0 bridgehead atoms. The Bertz CT molecular complexity index is 682. The Labute approximate surface area is 208 Å². The topological polar surface area (TPSA) is 86.8 Å². The number of nitrogens with one attached hydrogen (secondary N) is 4. The highest BCUT2D eigenvalue weighted by molar-refractivity contribution is 6.20. The first kappa shape index (κ1) is 26.1. The molecule has 4 atom stereocenters. The van der Waals surface area contributed by atoms with Crippen molar-refractivity contribution in [3.8, 4) is 0 Å². The number of hydrogen-bond donors (Lipinski definition) is 4. The summed E-state index contributed by atoms with van der Waals surface area (Å²) in [6.45, 7) is 0.682. The summed E-state index contributed by atoms with van der Waals surface area (Å²) < 4.78 is 19.1. The molecule has 4 unspecified atom stereocenters. The summed E-state index contributed by atoms with van der Waals surface area (Å²) in [6, 6.07) is 0.307. The Morgan fingerprint density at radius 1 is 1.03 bits per heavy atom. The van der Waals surface area contributed by atoms with Crippen molar-refractivity contribution >= 4 is 23.5 Å². The summed E-state index contributed by atoms with van der Waals surface area (Å²) in [5.41, 5.74) is 6.74. The average Bonchev–Trinajstić information content (AvgIpc) is 3.32. The van der Waals surface area contributed by atoms with E-state index < -0.39 is 6.17 Å². The van der Waals surface area contributed by atoms with Crippen molar-refractivity contribution in [1.29, 1.82) is 0 Å². The van der Waals surface area contributed by atoms with Gasteiger partial charge in [0.1, 0.15) is 6.17 Å². The van der Waals surface area contributed by atoms with Gasteiger partial charge in [0.15, 0.2) is 5.96 Å². The van der Waals surface area contributed by atoms with Gasteiger partial charge in [-0.3, -0.25) is 20.5 Å². The molecule has 3 aliphatic carbocycles. The van der Waals surface area contributed by atoms with E-state index in [4.69, 9.17) is 21.3 Å². The van der Waals surface area contributed by atoms with Crippen molar-refractivity contribution in [3.63, 3.8) is 0 Å². The molecule has 3 saturated carbocycles. The molecule has 0 aromatic heterocycles. The van der Waals surface area contributed by atoms with Crippen LogP contribution in [-0.4, -0.2) is 55.4 Å². The zero-order valence-electron chi connectivity index (χ0n) is 20.5. The third-order valence-electron chi connectivity index (χ3n) is 8.36. The van der Waals surface area contributed by atoms with E-state index in [-0.39, 0.29) is 23.4 Å². The highest BCUT2D eigenvalue weighted by atomic mass is 35.5. The van der Waals surface area contributed by atoms with Crippen LogP contribution in [0.2, 0.25) is 0 Å². The molecule has 4 N–H and O–H groups in total. The predicted molar refractivity (Wildman–Crippen MR) is 133 cm³/mol. The third kappa shape index (κ3) is 7.52. The van der Waals surface area contributed by atoms with E-state index in [0.29, 0.717) is 49.3 Å². The van der Waals surface area contributed by atoms with Gasteiger partial charge in [0, 0.05) is 31.0 Å². The van der Waals surface area contributed by atoms with E-state index in [9.17, 15) is 9.18 Å². The van der Waals surface area contributed by atoms with Crippen LogP contribution in [0.15, 0.2) is 4.99 Å². The molecule has 1 saturated heterocycles. The number of aliphatic imine (C=N–C) groups is 1. The summed E-state index contributed by atoms with van der Waals surface area (Å²) in [6.07, 6.45) is 11.6. The standard InChI is InChI=1S/C25H43ClFN5O2/c1-34-21-4-2-3-16(13-21)15-28-25(30-24(33)18-5-9-19(26)10-6-18)29-23-14-22(31-32-23)17-7-11-20(27)12-8-17/h16-23,31-32H,2-15H2,1H3,(H2,28,29,30,33). The Kier molecular flexibility index (Phi) is 9.86. The number of hydrogen-bond acceptors (Lipinski definition) is 5. The van der Waals surface area contributed by atoms with Crippen molar-refractivity contribution in [2.75, 3.05) is 13.7 Å². The summed E-state index contributed by atoms with van der Waals surface area (Å²) in [7, 11) is 1.79.